The van der Waals surface area contributed by atoms with Gasteiger partial charge in [0, 0.05) is 30.6 Å². The van der Waals surface area contributed by atoms with E-state index in [9.17, 15) is 9.59 Å². The summed E-state index contributed by atoms with van der Waals surface area (Å²) in [7, 11) is 0. The molecular formula is C18H28N2O2. The molecule has 122 valence electrons. The Morgan fingerprint density at radius 3 is 2.09 bits per heavy atom. The molecule has 0 bridgehead atoms. The van der Waals surface area contributed by atoms with E-state index in [-0.39, 0.29) is 11.8 Å². The van der Waals surface area contributed by atoms with Gasteiger partial charge in [-0.3, -0.25) is 9.59 Å². The van der Waals surface area contributed by atoms with Crippen molar-refractivity contribution in [2.24, 2.45) is 5.41 Å². The zero-order valence-corrected chi connectivity index (χ0v) is 14.6. The molecule has 0 aliphatic carbocycles. The molecule has 0 fully saturated rings. The molecule has 0 spiro atoms. The number of nitrogens with zero attached hydrogens (tertiary/aromatic N) is 1. The van der Waals surface area contributed by atoms with Crippen molar-refractivity contribution in [2.75, 3.05) is 18.0 Å². The van der Waals surface area contributed by atoms with Crippen LogP contribution in [0.5, 0.6) is 0 Å². The lowest BCUT2D eigenvalue weighted by molar-refractivity contribution is -0.128. The van der Waals surface area contributed by atoms with E-state index in [1.807, 2.05) is 53.7 Å². The van der Waals surface area contributed by atoms with Gasteiger partial charge in [0.15, 0.2) is 0 Å². The Morgan fingerprint density at radius 2 is 1.64 bits per heavy atom. The molecule has 0 aliphatic rings. The molecule has 1 N–H and O–H groups in total. The number of carbonyl (C=O) groups is 2. The van der Waals surface area contributed by atoms with Crippen LogP contribution >= 0.6 is 0 Å². The minimum absolute atomic E-state index is 0.0294. The smallest absolute Gasteiger partial charge is 0.228 e. The Kier molecular flexibility index (Phi) is 6.15. The van der Waals surface area contributed by atoms with Crippen molar-refractivity contribution in [3.8, 4) is 0 Å². The number of amides is 2. The number of carbonyl (C=O) groups excluding carboxylic acids is 2. The molecule has 0 heterocycles. The van der Waals surface area contributed by atoms with Crippen molar-refractivity contribution < 1.29 is 9.59 Å². The van der Waals surface area contributed by atoms with E-state index in [0.717, 1.165) is 16.8 Å². The third kappa shape index (κ3) is 5.17. The summed E-state index contributed by atoms with van der Waals surface area (Å²) >= 11 is 0. The fourth-order valence-electron chi connectivity index (χ4n) is 2.29. The van der Waals surface area contributed by atoms with Crippen LogP contribution in [0.2, 0.25) is 0 Å². The lowest BCUT2D eigenvalue weighted by atomic mass is 9.96. The van der Waals surface area contributed by atoms with Crippen molar-refractivity contribution in [1.82, 2.24) is 5.32 Å². The van der Waals surface area contributed by atoms with Gasteiger partial charge in [-0.05, 0) is 44.0 Å². The van der Waals surface area contributed by atoms with Gasteiger partial charge in [-0.2, -0.15) is 0 Å². The Morgan fingerprint density at radius 1 is 1.09 bits per heavy atom. The molecule has 1 rings (SSSR count). The molecule has 0 radical (unpaired) electrons. The minimum Gasteiger partial charge on any atom is -0.355 e. The Bertz CT molecular complexity index is 524. The monoisotopic (exact) mass is 304 g/mol. The number of anilines is 1. The predicted molar refractivity (Wildman–Crippen MR) is 91.0 cm³/mol. The molecule has 0 aromatic heterocycles. The molecule has 22 heavy (non-hydrogen) atoms. The van der Waals surface area contributed by atoms with E-state index in [2.05, 4.69) is 11.4 Å². The van der Waals surface area contributed by atoms with Gasteiger partial charge in [-0.1, -0.05) is 26.8 Å². The first kappa shape index (κ1) is 18.2. The summed E-state index contributed by atoms with van der Waals surface area (Å²) in [6, 6.07) is 6.12. The van der Waals surface area contributed by atoms with E-state index in [4.69, 9.17) is 0 Å². The summed E-state index contributed by atoms with van der Waals surface area (Å²) in [5.74, 6) is -0.00328. The summed E-state index contributed by atoms with van der Waals surface area (Å²) < 4.78 is 0. The van der Waals surface area contributed by atoms with Gasteiger partial charge in [-0.15, -0.1) is 0 Å². The maximum absolute atomic E-state index is 12.4. The molecule has 0 aliphatic heterocycles. The molecule has 0 unspecified atom stereocenters. The number of hydrogen-bond acceptors (Lipinski definition) is 2. The highest BCUT2D eigenvalue weighted by Gasteiger charge is 2.21. The van der Waals surface area contributed by atoms with E-state index < -0.39 is 5.41 Å². The van der Waals surface area contributed by atoms with Gasteiger partial charge in [0.05, 0.1) is 0 Å². The Balaban J connectivity index is 2.67. The number of nitrogens with one attached hydrogen (secondary N) is 1. The third-order valence-electron chi connectivity index (χ3n) is 3.44. The molecular weight excluding hydrogens is 276 g/mol. The van der Waals surface area contributed by atoms with Gasteiger partial charge >= 0.3 is 0 Å². The molecule has 1 aromatic rings. The Labute approximate surface area is 133 Å². The maximum Gasteiger partial charge on any atom is 0.228 e. The molecule has 0 atom stereocenters. The van der Waals surface area contributed by atoms with Gasteiger partial charge in [0.1, 0.15) is 0 Å². The Hall–Kier alpha value is -1.84. The average molecular weight is 304 g/mol. The standard InChI is InChI=1S/C18H28N2O2/c1-7-20(15-11-13(2)10-14(3)12-15)16(21)8-9-19-17(22)18(4,5)6/h10-12H,7-9H2,1-6H3,(H,19,22). The quantitative estimate of drug-likeness (QED) is 0.908. The molecule has 4 nitrogen and oxygen atoms in total. The summed E-state index contributed by atoms with van der Waals surface area (Å²) in [5, 5.41) is 2.82. The molecule has 2 amide bonds. The maximum atomic E-state index is 12.4. The second-order valence-corrected chi connectivity index (χ2v) is 6.74. The van der Waals surface area contributed by atoms with E-state index in [1.165, 1.54) is 0 Å². The van der Waals surface area contributed by atoms with Gasteiger partial charge < -0.3 is 10.2 Å². The first-order valence-electron chi connectivity index (χ1n) is 7.82. The summed E-state index contributed by atoms with van der Waals surface area (Å²) in [5.41, 5.74) is 2.78. The lowest BCUT2D eigenvalue weighted by Gasteiger charge is -2.23. The van der Waals surface area contributed by atoms with Crippen LogP contribution in [-0.2, 0) is 9.59 Å². The highest BCUT2D eigenvalue weighted by molar-refractivity contribution is 5.94. The van der Waals surface area contributed by atoms with E-state index in [0.29, 0.717) is 19.5 Å². The first-order chi connectivity index (χ1) is 10.1. The summed E-state index contributed by atoms with van der Waals surface area (Å²) in [6.45, 7) is 12.6. The minimum atomic E-state index is -0.429. The van der Waals surface area contributed by atoms with Crippen LogP contribution in [0.25, 0.3) is 0 Å². The van der Waals surface area contributed by atoms with Gasteiger partial charge in [-0.25, -0.2) is 0 Å². The van der Waals surface area contributed by atoms with Crippen LogP contribution in [-0.4, -0.2) is 24.9 Å². The van der Waals surface area contributed by atoms with Crippen molar-refractivity contribution in [3.05, 3.63) is 29.3 Å². The normalized spacial score (nSPS) is 11.2. The molecule has 0 saturated carbocycles. The third-order valence-corrected chi connectivity index (χ3v) is 3.44. The average Bonchev–Trinajstić information content (AvgIpc) is 2.37. The highest BCUT2D eigenvalue weighted by atomic mass is 16.2. The van der Waals surface area contributed by atoms with Crippen LogP contribution in [0, 0.1) is 19.3 Å². The molecule has 1 aromatic carbocycles. The highest BCUT2D eigenvalue weighted by Crippen LogP contribution is 2.19. The fraction of sp³-hybridized carbons (Fsp3) is 0.556. The number of rotatable bonds is 5. The van der Waals surface area contributed by atoms with Crippen molar-refractivity contribution in [3.63, 3.8) is 0 Å². The largest absolute Gasteiger partial charge is 0.355 e. The van der Waals surface area contributed by atoms with Crippen molar-refractivity contribution in [2.45, 2.75) is 48.0 Å². The van der Waals surface area contributed by atoms with Crippen LogP contribution < -0.4 is 10.2 Å². The topological polar surface area (TPSA) is 49.4 Å². The van der Waals surface area contributed by atoms with Crippen LogP contribution in [0.1, 0.15) is 45.2 Å². The summed E-state index contributed by atoms with van der Waals surface area (Å²) in [6.07, 6.45) is 0.308. The number of benzene rings is 1. The van der Waals surface area contributed by atoms with Gasteiger partial charge in [0.2, 0.25) is 11.8 Å². The SMILES string of the molecule is CCN(C(=O)CCNC(=O)C(C)(C)C)c1cc(C)cc(C)c1. The molecule has 4 heteroatoms. The van der Waals surface area contributed by atoms with E-state index in [1.54, 1.807) is 4.90 Å². The second-order valence-electron chi connectivity index (χ2n) is 6.74. The van der Waals surface area contributed by atoms with Crippen LogP contribution in [0.15, 0.2) is 18.2 Å². The van der Waals surface area contributed by atoms with Crippen LogP contribution in [0.4, 0.5) is 5.69 Å². The van der Waals surface area contributed by atoms with Crippen molar-refractivity contribution >= 4 is 17.5 Å². The molecule has 0 saturated heterocycles. The number of hydrogen-bond donors (Lipinski definition) is 1. The zero-order valence-electron chi connectivity index (χ0n) is 14.6. The van der Waals surface area contributed by atoms with Gasteiger partial charge in [0.25, 0.3) is 0 Å². The van der Waals surface area contributed by atoms with Crippen LogP contribution in [0.3, 0.4) is 0 Å². The van der Waals surface area contributed by atoms with Crippen molar-refractivity contribution in [1.29, 1.82) is 0 Å². The fourth-order valence-corrected chi connectivity index (χ4v) is 2.29. The summed E-state index contributed by atoms with van der Waals surface area (Å²) in [4.78, 5) is 26.0. The first-order valence-corrected chi connectivity index (χ1v) is 7.82. The zero-order chi connectivity index (χ0) is 16.9. The second kappa shape index (κ2) is 7.43. The number of aryl methyl sites for hydroxylation is 2. The van der Waals surface area contributed by atoms with E-state index >= 15 is 0 Å². The lowest BCUT2D eigenvalue weighted by Crippen LogP contribution is -2.38. The predicted octanol–water partition coefficient (Wildman–Crippen LogP) is 3.21.